The molecule has 2 fully saturated rings. The van der Waals surface area contributed by atoms with Gasteiger partial charge in [-0.15, -0.1) is 0 Å². The molecule has 1 atom stereocenters. The van der Waals surface area contributed by atoms with Crippen molar-refractivity contribution in [3.05, 3.63) is 0 Å². The maximum Gasteiger partial charge on any atom is 0.149 e. The van der Waals surface area contributed by atoms with E-state index in [2.05, 4.69) is 5.32 Å². The third kappa shape index (κ3) is 4.45. The van der Waals surface area contributed by atoms with E-state index in [-0.39, 0.29) is 11.5 Å². The van der Waals surface area contributed by atoms with Gasteiger partial charge in [-0.25, -0.2) is 0 Å². The van der Waals surface area contributed by atoms with E-state index in [1.54, 1.807) is 7.11 Å². The molecule has 1 unspecified atom stereocenters. The Kier molecular flexibility index (Phi) is 6.13. The highest BCUT2D eigenvalue weighted by Crippen LogP contribution is 2.39. The van der Waals surface area contributed by atoms with Gasteiger partial charge in [0.05, 0.1) is 18.8 Å². The quantitative estimate of drug-likeness (QED) is 0.750. The summed E-state index contributed by atoms with van der Waals surface area (Å²) in [6.07, 6.45) is 4.04. The molecule has 2 rings (SSSR count). The molecule has 0 aromatic heterocycles. The second-order valence-corrected chi connectivity index (χ2v) is 6.69. The predicted molar refractivity (Wildman–Crippen MR) is 77.7 cm³/mol. The van der Waals surface area contributed by atoms with Gasteiger partial charge in [0.25, 0.3) is 0 Å². The van der Waals surface area contributed by atoms with Crippen LogP contribution in [0.4, 0.5) is 0 Å². The first-order chi connectivity index (χ1) is 9.26. The molecule has 0 aromatic carbocycles. The Morgan fingerprint density at radius 1 is 1.47 bits per heavy atom. The van der Waals surface area contributed by atoms with Crippen molar-refractivity contribution in [2.24, 2.45) is 5.92 Å². The summed E-state index contributed by atoms with van der Waals surface area (Å²) >= 11 is 2.00. The number of carbonyl (C=O) groups excluding carboxylic acids is 1. The van der Waals surface area contributed by atoms with Crippen LogP contribution in [0.2, 0.25) is 0 Å². The van der Waals surface area contributed by atoms with Crippen LogP contribution in [0.3, 0.4) is 0 Å². The van der Waals surface area contributed by atoms with Crippen molar-refractivity contribution in [1.82, 2.24) is 5.32 Å². The molecule has 19 heavy (non-hydrogen) atoms. The molecule has 5 heteroatoms. The van der Waals surface area contributed by atoms with Crippen LogP contribution >= 0.6 is 11.8 Å². The maximum atomic E-state index is 12.2. The number of methoxy groups -OCH3 is 1. The van der Waals surface area contributed by atoms with Gasteiger partial charge in [0, 0.05) is 26.2 Å². The van der Waals surface area contributed by atoms with Gasteiger partial charge in [0.1, 0.15) is 5.78 Å². The minimum Gasteiger partial charge on any atom is -0.383 e. The number of hydrogen-bond acceptors (Lipinski definition) is 5. The Morgan fingerprint density at radius 3 is 3.00 bits per heavy atom. The summed E-state index contributed by atoms with van der Waals surface area (Å²) in [5, 5.41) is 3.16. The van der Waals surface area contributed by atoms with E-state index in [4.69, 9.17) is 9.47 Å². The molecule has 0 bridgehead atoms. The van der Waals surface area contributed by atoms with E-state index in [9.17, 15) is 4.79 Å². The first-order valence-corrected chi connectivity index (χ1v) is 8.35. The lowest BCUT2D eigenvalue weighted by atomic mass is 9.80. The molecule has 0 aromatic rings. The van der Waals surface area contributed by atoms with Crippen LogP contribution in [0.25, 0.3) is 0 Å². The molecule has 4 nitrogen and oxygen atoms in total. The van der Waals surface area contributed by atoms with E-state index in [1.807, 2.05) is 11.8 Å². The predicted octanol–water partition coefficient (Wildman–Crippen LogP) is 1.48. The number of thioether (sulfide) groups is 1. The van der Waals surface area contributed by atoms with Gasteiger partial charge in [-0.05, 0) is 37.2 Å². The lowest BCUT2D eigenvalue weighted by Crippen LogP contribution is -2.45. The molecule has 0 aliphatic carbocycles. The van der Waals surface area contributed by atoms with Crippen molar-refractivity contribution in [3.63, 3.8) is 0 Å². The molecular formula is C14H25NO3S. The Morgan fingerprint density at radius 2 is 2.26 bits per heavy atom. The topological polar surface area (TPSA) is 47.6 Å². The zero-order valence-electron chi connectivity index (χ0n) is 11.8. The summed E-state index contributed by atoms with van der Waals surface area (Å²) in [4.78, 5) is 12.2. The summed E-state index contributed by atoms with van der Waals surface area (Å²) in [7, 11) is 1.67. The lowest BCUT2D eigenvalue weighted by molar-refractivity contribution is -0.137. The smallest absolute Gasteiger partial charge is 0.149 e. The van der Waals surface area contributed by atoms with E-state index in [1.165, 1.54) is 11.5 Å². The van der Waals surface area contributed by atoms with E-state index >= 15 is 0 Å². The number of rotatable bonds is 6. The van der Waals surface area contributed by atoms with E-state index < -0.39 is 0 Å². The van der Waals surface area contributed by atoms with Crippen molar-refractivity contribution >= 4 is 17.5 Å². The molecule has 2 aliphatic rings. The van der Waals surface area contributed by atoms with E-state index in [0.717, 1.165) is 38.8 Å². The van der Waals surface area contributed by atoms with Gasteiger partial charge < -0.3 is 14.8 Å². The van der Waals surface area contributed by atoms with Gasteiger partial charge in [0.15, 0.2) is 0 Å². The molecule has 2 aliphatic heterocycles. The molecular weight excluding hydrogens is 262 g/mol. The third-order valence-electron chi connectivity index (χ3n) is 4.13. The highest BCUT2D eigenvalue weighted by atomic mass is 32.2. The fourth-order valence-electron chi connectivity index (χ4n) is 2.92. The largest absolute Gasteiger partial charge is 0.383 e. The monoisotopic (exact) mass is 287 g/mol. The molecule has 2 saturated heterocycles. The Hall–Kier alpha value is -0.100. The molecule has 0 amide bonds. The highest BCUT2D eigenvalue weighted by molar-refractivity contribution is 7.99. The van der Waals surface area contributed by atoms with Crippen molar-refractivity contribution in [3.8, 4) is 0 Å². The van der Waals surface area contributed by atoms with Crippen LogP contribution < -0.4 is 5.32 Å². The summed E-state index contributed by atoms with van der Waals surface area (Å²) in [6.45, 7) is 2.62. The molecule has 1 spiro atoms. The number of ketones is 1. The Bertz CT molecular complexity index is 287. The summed E-state index contributed by atoms with van der Waals surface area (Å²) < 4.78 is 11.0. The number of hydrogen-bond donors (Lipinski definition) is 1. The normalized spacial score (nSPS) is 26.5. The fourth-order valence-corrected chi connectivity index (χ4v) is 4.16. The van der Waals surface area contributed by atoms with Crippen molar-refractivity contribution in [2.45, 2.75) is 31.3 Å². The van der Waals surface area contributed by atoms with E-state index in [0.29, 0.717) is 18.9 Å². The lowest BCUT2D eigenvalue weighted by Gasteiger charge is -2.43. The molecule has 0 radical (unpaired) electrons. The second kappa shape index (κ2) is 7.62. The first-order valence-electron chi connectivity index (χ1n) is 7.20. The zero-order valence-corrected chi connectivity index (χ0v) is 12.6. The van der Waals surface area contributed by atoms with Crippen LogP contribution in [0.15, 0.2) is 0 Å². The summed E-state index contributed by atoms with van der Waals surface area (Å²) in [5.74, 6) is 2.88. The minimum absolute atomic E-state index is 0.0103. The first kappa shape index (κ1) is 15.3. The average molecular weight is 287 g/mol. The molecule has 0 saturated carbocycles. The van der Waals surface area contributed by atoms with Crippen LogP contribution in [0, 0.1) is 5.92 Å². The van der Waals surface area contributed by atoms with Crippen LogP contribution in [0.1, 0.15) is 25.7 Å². The number of carbonyl (C=O) groups is 1. The maximum absolute atomic E-state index is 12.2. The summed E-state index contributed by atoms with van der Waals surface area (Å²) in [5.41, 5.74) is 0.0103. The Labute approximate surface area is 120 Å². The SMILES string of the molecule is COCCNCC(=O)C1CCOC2(CCSCC2)C1. The number of ether oxygens (including phenoxy) is 2. The van der Waals surface area contributed by atoms with Gasteiger partial charge in [-0.2, -0.15) is 11.8 Å². The third-order valence-corrected chi connectivity index (χ3v) is 5.12. The molecule has 1 N–H and O–H groups in total. The van der Waals surface area contributed by atoms with Crippen molar-refractivity contribution < 1.29 is 14.3 Å². The standard InChI is InChI=1S/C14H25NO3S/c1-17-7-5-15-11-13(16)12-2-6-18-14(10-12)3-8-19-9-4-14/h12,15H,2-11H2,1H3. The van der Waals surface area contributed by atoms with Gasteiger partial charge >= 0.3 is 0 Å². The van der Waals surface area contributed by atoms with Gasteiger partial charge in [0.2, 0.25) is 0 Å². The van der Waals surface area contributed by atoms with Gasteiger partial charge in [-0.3, -0.25) is 4.79 Å². The highest BCUT2D eigenvalue weighted by Gasteiger charge is 2.40. The second-order valence-electron chi connectivity index (χ2n) is 5.47. The van der Waals surface area contributed by atoms with Crippen molar-refractivity contribution in [1.29, 1.82) is 0 Å². The zero-order chi connectivity index (χ0) is 13.6. The van der Waals surface area contributed by atoms with Crippen LogP contribution in [0.5, 0.6) is 0 Å². The number of Topliss-reactive ketones (excluding diaryl/α,β-unsaturated/α-hetero) is 1. The molecule has 110 valence electrons. The van der Waals surface area contributed by atoms with Crippen molar-refractivity contribution in [2.75, 3.05) is 44.9 Å². The fraction of sp³-hybridized carbons (Fsp3) is 0.929. The minimum atomic E-state index is 0.0103. The van der Waals surface area contributed by atoms with Crippen LogP contribution in [-0.2, 0) is 14.3 Å². The van der Waals surface area contributed by atoms with Crippen LogP contribution in [-0.4, -0.2) is 56.3 Å². The Balaban J connectivity index is 1.78. The summed E-state index contributed by atoms with van der Waals surface area (Å²) in [6, 6.07) is 0. The van der Waals surface area contributed by atoms with Gasteiger partial charge in [-0.1, -0.05) is 0 Å². The molecule has 2 heterocycles. The number of nitrogens with one attached hydrogen (secondary N) is 1. The average Bonchev–Trinajstić information content (AvgIpc) is 2.44.